The number of nitrogens with one attached hydrogen (secondary N) is 1. The largest absolute Gasteiger partial charge is 0.314 e. The van der Waals surface area contributed by atoms with Gasteiger partial charge in [-0.15, -0.1) is 0 Å². The van der Waals surface area contributed by atoms with Crippen molar-refractivity contribution in [2.45, 2.75) is 12.5 Å². The van der Waals surface area contributed by atoms with Gasteiger partial charge < -0.3 is 15.1 Å². The van der Waals surface area contributed by atoms with E-state index in [9.17, 15) is 0 Å². The number of piperazine rings is 3. The zero-order chi connectivity index (χ0) is 16.4. The van der Waals surface area contributed by atoms with Crippen LogP contribution in [0.5, 0.6) is 0 Å². The molecular formula is C18H36N6. The molecule has 138 valence electrons. The fraction of sp³-hybridized carbons (Fsp3) is 1.00. The Balaban J connectivity index is 1.13. The molecule has 0 aromatic rings. The molecule has 2 atom stereocenters. The highest BCUT2D eigenvalue weighted by Crippen LogP contribution is 2.37. The number of hydrogen-bond donors (Lipinski definition) is 1. The lowest BCUT2D eigenvalue weighted by atomic mass is 10.2. The molecule has 1 saturated carbocycles. The Morgan fingerprint density at radius 3 is 2.08 bits per heavy atom. The van der Waals surface area contributed by atoms with Gasteiger partial charge in [-0.25, -0.2) is 0 Å². The van der Waals surface area contributed by atoms with Gasteiger partial charge in [0.15, 0.2) is 0 Å². The third kappa shape index (κ3) is 4.48. The Morgan fingerprint density at radius 1 is 0.750 bits per heavy atom. The summed E-state index contributed by atoms with van der Waals surface area (Å²) in [6.45, 7) is 17.5. The molecule has 6 nitrogen and oxygen atoms in total. The van der Waals surface area contributed by atoms with Crippen molar-refractivity contribution in [2.24, 2.45) is 5.92 Å². The van der Waals surface area contributed by atoms with E-state index in [1.165, 1.54) is 85.1 Å². The molecule has 24 heavy (non-hydrogen) atoms. The lowest BCUT2D eigenvalue weighted by Gasteiger charge is -2.39. The highest BCUT2D eigenvalue weighted by molar-refractivity contribution is 4.98. The van der Waals surface area contributed by atoms with Crippen LogP contribution in [0.2, 0.25) is 0 Å². The SMILES string of the molecule is CN1CCN(C2CC2CN2CCN(CN3CCNCC3)CC2)CC1. The number of likely N-dealkylation sites (N-methyl/N-ethyl adjacent to an activating group) is 1. The second kappa shape index (κ2) is 7.98. The molecule has 2 unspecified atom stereocenters. The van der Waals surface area contributed by atoms with Gasteiger partial charge in [-0.1, -0.05) is 0 Å². The maximum absolute atomic E-state index is 3.45. The fourth-order valence-corrected chi connectivity index (χ4v) is 4.61. The average molecular weight is 337 g/mol. The first-order valence-electron chi connectivity index (χ1n) is 10.1. The predicted octanol–water partition coefficient (Wildman–Crippen LogP) is -0.897. The van der Waals surface area contributed by atoms with Crippen LogP contribution in [-0.2, 0) is 0 Å². The van der Waals surface area contributed by atoms with Crippen LogP contribution in [0.1, 0.15) is 6.42 Å². The minimum absolute atomic E-state index is 0.901. The van der Waals surface area contributed by atoms with Gasteiger partial charge >= 0.3 is 0 Å². The average Bonchev–Trinajstić information content (AvgIpc) is 3.37. The van der Waals surface area contributed by atoms with Crippen molar-refractivity contribution in [3.8, 4) is 0 Å². The van der Waals surface area contributed by atoms with E-state index in [4.69, 9.17) is 0 Å². The van der Waals surface area contributed by atoms with Crippen molar-refractivity contribution in [1.29, 1.82) is 0 Å². The van der Waals surface area contributed by atoms with Crippen LogP contribution in [0.25, 0.3) is 0 Å². The Bertz CT molecular complexity index is 383. The third-order valence-electron chi connectivity index (χ3n) is 6.46. The van der Waals surface area contributed by atoms with Gasteiger partial charge in [0.2, 0.25) is 0 Å². The second-order valence-electron chi connectivity index (χ2n) is 8.33. The normalized spacial score (nSPS) is 35.4. The smallest absolute Gasteiger partial charge is 0.0508 e. The lowest BCUT2D eigenvalue weighted by Crippen LogP contribution is -2.53. The molecule has 0 aromatic heterocycles. The molecule has 0 amide bonds. The molecule has 4 aliphatic rings. The van der Waals surface area contributed by atoms with Crippen LogP contribution in [-0.4, -0.2) is 129 Å². The molecule has 0 radical (unpaired) electrons. The summed E-state index contributed by atoms with van der Waals surface area (Å²) >= 11 is 0. The first-order chi connectivity index (χ1) is 11.8. The first-order valence-corrected chi connectivity index (χ1v) is 10.1. The maximum Gasteiger partial charge on any atom is 0.0508 e. The van der Waals surface area contributed by atoms with Crippen molar-refractivity contribution >= 4 is 0 Å². The third-order valence-corrected chi connectivity index (χ3v) is 6.46. The van der Waals surface area contributed by atoms with E-state index in [1.54, 1.807) is 0 Å². The second-order valence-corrected chi connectivity index (χ2v) is 8.33. The van der Waals surface area contributed by atoms with Crippen LogP contribution in [0.4, 0.5) is 0 Å². The summed E-state index contributed by atoms with van der Waals surface area (Å²) in [6, 6.07) is 0.901. The molecule has 4 fully saturated rings. The first kappa shape index (κ1) is 17.2. The Morgan fingerprint density at radius 2 is 1.38 bits per heavy atom. The van der Waals surface area contributed by atoms with Crippen molar-refractivity contribution in [1.82, 2.24) is 29.8 Å². The zero-order valence-electron chi connectivity index (χ0n) is 15.5. The van der Waals surface area contributed by atoms with Crippen molar-refractivity contribution < 1.29 is 0 Å². The Labute approximate surface area is 147 Å². The highest BCUT2D eigenvalue weighted by atomic mass is 15.4. The van der Waals surface area contributed by atoms with E-state index in [1.807, 2.05) is 0 Å². The molecule has 1 N–H and O–H groups in total. The van der Waals surface area contributed by atoms with Gasteiger partial charge in [-0.05, 0) is 19.4 Å². The number of hydrogen-bond acceptors (Lipinski definition) is 6. The van der Waals surface area contributed by atoms with E-state index in [2.05, 4.69) is 36.9 Å². The highest BCUT2D eigenvalue weighted by Gasteiger charge is 2.43. The van der Waals surface area contributed by atoms with E-state index < -0.39 is 0 Å². The Hall–Kier alpha value is -0.240. The summed E-state index contributed by atoms with van der Waals surface area (Å²) < 4.78 is 0. The van der Waals surface area contributed by atoms with Gasteiger partial charge in [0.1, 0.15) is 0 Å². The molecule has 3 saturated heterocycles. The molecule has 0 spiro atoms. The quantitative estimate of drug-likeness (QED) is 0.700. The Kier molecular flexibility index (Phi) is 5.71. The zero-order valence-corrected chi connectivity index (χ0v) is 15.5. The summed E-state index contributed by atoms with van der Waals surface area (Å²) in [7, 11) is 2.25. The molecule has 1 aliphatic carbocycles. The van der Waals surface area contributed by atoms with E-state index in [0.29, 0.717) is 0 Å². The lowest BCUT2D eigenvalue weighted by molar-refractivity contribution is 0.0639. The van der Waals surface area contributed by atoms with E-state index >= 15 is 0 Å². The van der Waals surface area contributed by atoms with Crippen molar-refractivity contribution in [3.05, 3.63) is 0 Å². The summed E-state index contributed by atoms with van der Waals surface area (Å²) in [5.41, 5.74) is 0. The van der Waals surface area contributed by atoms with Crippen molar-refractivity contribution in [2.75, 3.05) is 98.8 Å². The topological polar surface area (TPSA) is 28.2 Å². The van der Waals surface area contributed by atoms with Gasteiger partial charge in [0.05, 0.1) is 6.67 Å². The summed E-state index contributed by atoms with van der Waals surface area (Å²) in [6.07, 6.45) is 1.45. The minimum atomic E-state index is 0.901. The van der Waals surface area contributed by atoms with Crippen LogP contribution >= 0.6 is 0 Å². The standard InChI is InChI=1S/C18H36N6/c1-20-6-12-24(13-7-20)18-14-17(18)15-21-8-10-23(11-9-21)16-22-4-2-19-3-5-22/h17-19H,2-16H2,1H3. The molecule has 0 bridgehead atoms. The summed E-state index contributed by atoms with van der Waals surface area (Å²) in [4.78, 5) is 13.2. The molecule has 3 heterocycles. The van der Waals surface area contributed by atoms with Gasteiger partial charge in [0, 0.05) is 91.1 Å². The molecular weight excluding hydrogens is 300 g/mol. The van der Waals surface area contributed by atoms with Crippen LogP contribution in [0.3, 0.4) is 0 Å². The van der Waals surface area contributed by atoms with Crippen LogP contribution < -0.4 is 5.32 Å². The maximum atomic E-state index is 3.45. The number of nitrogens with zero attached hydrogens (tertiary/aromatic N) is 5. The summed E-state index contributed by atoms with van der Waals surface area (Å²) in [5.74, 6) is 0.952. The van der Waals surface area contributed by atoms with Gasteiger partial charge in [-0.3, -0.25) is 14.7 Å². The minimum Gasteiger partial charge on any atom is -0.314 e. The molecule has 3 aliphatic heterocycles. The fourth-order valence-electron chi connectivity index (χ4n) is 4.61. The van der Waals surface area contributed by atoms with Crippen LogP contribution in [0.15, 0.2) is 0 Å². The molecule has 0 aromatic carbocycles. The predicted molar refractivity (Wildman–Crippen MR) is 98.3 cm³/mol. The number of rotatable bonds is 5. The monoisotopic (exact) mass is 336 g/mol. The van der Waals surface area contributed by atoms with Crippen LogP contribution in [0, 0.1) is 5.92 Å². The van der Waals surface area contributed by atoms with E-state index in [0.717, 1.165) is 25.0 Å². The van der Waals surface area contributed by atoms with Gasteiger partial charge in [0.25, 0.3) is 0 Å². The van der Waals surface area contributed by atoms with Gasteiger partial charge in [-0.2, -0.15) is 0 Å². The molecule has 6 heteroatoms. The summed E-state index contributed by atoms with van der Waals surface area (Å²) in [5, 5.41) is 3.45. The van der Waals surface area contributed by atoms with E-state index in [-0.39, 0.29) is 0 Å². The molecule has 4 rings (SSSR count). The van der Waals surface area contributed by atoms with Crippen molar-refractivity contribution in [3.63, 3.8) is 0 Å².